The zero-order chi connectivity index (χ0) is 60.6. The molecule has 0 spiro atoms. The van der Waals surface area contributed by atoms with Crippen molar-refractivity contribution in [2.75, 3.05) is 0 Å². The Balaban J connectivity index is 0.833. The highest BCUT2D eigenvalue weighted by Gasteiger charge is 2.24. The standard InChI is InChI=1S/C82H50N10/c1-5-28-75-55(18-1)46-64(81-89-69-26-3-7-30-77(69)91(75)81)61-39-38-59(58-49-73(67-24-11-15-42-85-67)88-74(50-58)68-25-12-16-43-86-68)60-37-36-54(45-63(60)61)51-32-34-52(35-33-51)79-62-21-2-6-29-76(62)92-78-31-8-4-27-70(78)90-82(92)80(79)56-20-17-19-53(44-56)57-47-71(65-22-9-13-40-83-65)87-72(48-57)66-23-10-14-41-84-66/h1-50H. The van der Waals surface area contributed by atoms with Gasteiger partial charge in [-0.1, -0.05) is 152 Å². The highest BCUT2D eigenvalue weighted by atomic mass is 15.0. The molecule has 0 radical (unpaired) electrons. The van der Waals surface area contributed by atoms with E-state index in [1.165, 1.54) is 0 Å². The van der Waals surface area contributed by atoms with Crippen molar-refractivity contribution in [1.29, 1.82) is 0 Å². The van der Waals surface area contributed by atoms with Crippen molar-refractivity contribution in [1.82, 2.24) is 48.7 Å². The fraction of sp³-hybridized carbons (Fsp3) is 0. The summed E-state index contributed by atoms with van der Waals surface area (Å²) in [5.41, 5.74) is 26.7. The Bertz CT molecular complexity index is 5810. The number of para-hydroxylation sites is 6. The Kier molecular flexibility index (Phi) is 12.3. The molecule has 0 N–H and O–H groups in total. The van der Waals surface area contributed by atoms with Gasteiger partial charge in [0.25, 0.3) is 0 Å². The van der Waals surface area contributed by atoms with Gasteiger partial charge in [0.2, 0.25) is 0 Å². The Morgan fingerprint density at radius 2 is 0.696 bits per heavy atom. The molecule has 0 aliphatic carbocycles. The van der Waals surface area contributed by atoms with Gasteiger partial charge in [-0.05, 0) is 194 Å². The summed E-state index contributed by atoms with van der Waals surface area (Å²) in [6.07, 6.45) is 7.24. The van der Waals surface area contributed by atoms with Crippen molar-refractivity contribution in [2.24, 2.45) is 0 Å². The zero-order valence-corrected chi connectivity index (χ0v) is 49.3. The van der Waals surface area contributed by atoms with Crippen molar-refractivity contribution >= 4 is 65.9 Å². The predicted octanol–water partition coefficient (Wildman–Crippen LogP) is 19.8. The molecule has 0 bridgehead atoms. The van der Waals surface area contributed by atoms with Crippen LogP contribution in [0.1, 0.15) is 0 Å². The molecule has 10 nitrogen and oxygen atoms in total. The molecule has 10 aromatic heterocycles. The number of benzene rings is 8. The van der Waals surface area contributed by atoms with Crippen molar-refractivity contribution < 1.29 is 0 Å². The average molecular weight is 1180 g/mol. The molecule has 0 unspecified atom stereocenters. The lowest BCUT2D eigenvalue weighted by Crippen LogP contribution is -1.98. The van der Waals surface area contributed by atoms with E-state index in [-0.39, 0.29) is 0 Å². The van der Waals surface area contributed by atoms with Gasteiger partial charge in [-0.2, -0.15) is 0 Å². The monoisotopic (exact) mass is 1170 g/mol. The average Bonchev–Trinajstić information content (AvgIpc) is 1.46. The van der Waals surface area contributed by atoms with Crippen molar-refractivity contribution in [2.45, 2.75) is 0 Å². The molecule has 10 heteroatoms. The SMILES string of the molecule is c1ccc(-c2cc(-c3cccc(-c4c(-c5ccc(-c6ccc7c(-c8cc(-c9ccccn9)nc(-c9ccccn9)c8)ccc(-c8cc9ccccc9n9c8nc8ccccc89)c7c6)cc5)c5ccccc5n5c4nc4ccccc45)c3)cc(-c3ccccn3)n2)nc1. The van der Waals surface area contributed by atoms with Crippen LogP contribution in [0.3, 0.4) is 0 Å². The largest absolute Gasteiger partial charge is 0.292 e. The van der Waals surface area contributed by atoms with Crippen LogP contribution < -0.4 is 0 Å². The molecule has 0 aliphatic rings. The minimum absolute atomic E-state index is 0.765. The molecule has 18 aromatic rings. The number of hydrogen-bond acceptors (Lipinski definition) is 8. The van der Waals surface area contributed by atoms with Gasteiger partial charge in [-0.3, -0.25) is 28.7 Å². The van der Waals surface area contributed by atoms with Crippen LogP contribution in [-0.4, -0.2) is 48.7 Å². The molecule has 8 aromatic carbocycles. The third-order valence-electron chi connectivity index (χ3n) is 17.7. The van der Waals surface area contributed by atoms with Crippen LogP contribution >= 0.6 is 0 Å². The minimum Gasteiger partial charge on any atom is -0.292 e. The van der Waals surface area contributed by atoms with E-state index >= 15 is 0 Å². The molecule has 18 rings (SSSR count). The van der Waals surface area contributed by atoms with E-state index in [1.807, 2.05) is 97.6 Å². The molecular weight excluding hydrogens is 1120 g/mol. The summed E-state index contributed by atoms with van der Waals surface area (Å²) in [6.45, 7) is 0. The van der Waals surface area contributed by atoms with Crippen LogP contribution in [0.25, 0.3) is 178 Å². The normalized spacial score (nSPS) is 11.7. The van der Waals surface area contributed by atoms with Crippen LogP contribution in [0.15, 0.2) is 304 Å². The summed E-state index contributed by atoms with van der Waals surface area (Å²) in [4.78, 5) is 40.2. The highest BCUT2D eigenvalue weighted by molar-refractivity contribution is 6.12. The van der Waals surface area contributed by atoms with Gasteiger partial charge in [0, 0.05) is 46.9 Å². The third-order valence-corrected chi connectivity index (χ3v) is 17.7. The van der Waals surface area contributed by atoms with Crippen LogP contribution in [-0.2, 0) is 0 Å². The first-order valence-corrected chi connectivity index (χ1v) is 30.7. The van der Waals surface area contributed by atoms with Crippen LogP contribution in [0.5, 0.6) is 0 Å². The van der Waals surface area contributed by atoms with Gasteiger partial charge in [-0.25, -0.2) is 19.9 Å². The fourth-order valence-electron chi connectivity index (χ4n) is 13.5. The smallest absolute Gasteiger partial charge is 0.147 e. The maximum absolute atomic E-state index is 5.50. The number of hydrogen-bond donors (Lipinski definition) is 0. The summed E-state index contributed by atoms with van der Waals surface area (Å²) in [5.74, 6) is 0. The molecule has 0 aliphatic heterocycles. The van der Waals surface area contributed by atoms with E-state index in [2.05, 4.69) is 215 Å². The van der Waals surface area contributed by atoms with E-state index < -0.39 is 0 Å². The number of pyridine rings is 8. The molecule has 0 saturated heterocycles. The van der Waals surface area contributed by atoms with E-state index in [0.717, 1.165) is 178 Å². The summed E-state index contributed by atoms with van der Waals surface area (Å²) in [7, 11) is 0. The van der Waals surface area contributed by atoms with E-state index in [9.17, 15) is 0 Å². The lowest BCUT2D eigenvalue weighted by Gasteiger charge is -2.18. The Morgan fingerprint density at radius 1 is 0.217 bits per heavy atom. The molecular formula is C82H50N10. The van der Waals surface area contributed by atoms with Crippen molar-refractivity contribution in [3.8, 4) is 112 Å². The van der Waals surface area contributed by atoms with Crippen LogP contribution in [0.2, 0.25) is 0 Å². The first-order valence-electron chi connectivity index (χ1n) is 30.7. The van der Waals surface area contributed by atoms with E-state index in [1.54, 1.807) is 0 Å². The van der Waals surface area contributed by atoms with Gasteiger partial charge < -0.3 is 0 Å². The minimum atomic E-state index is 0.765. The lowest BCUT2D eigenvalue weighted by atomic mass is 9.88. The summed E-state index contributed by atoms with van der Waals surface area (Å²) in [6, 6.07) is 98.2. The van der Waals surface area contributed by atoms with Crippen molar-refractivity contribution in [3.05, 3.63) is 304 Å². The second-order valence-electron chi connectivity index (χ2n) is 23.1. The zero-order valence-electron chi connectivity index (χ0n) is 49.3. The van der Waals surface area contributed by atoms with Gasteiger partial charge in [0.05, 0.1) is 78.7 Å². The van der Waals surface area contributed by atoms with Crippen LogP contribution in [0, 0.1) is 0 Å². The summed E-state index contributed by atoms with van der Waals surface area (Å²) in [5, 5.41) is 4.41. The van der Waals surface area contributed by atoms with Gasteiger partial charge in [0.1, 0.15) is 11.3 Å². The molecule has 428 valence electrons. The molecule has 92 heavy (non-hydrogen) atoms. The van der Waals surface area contributed by atoms with E-state index in [4.69, 9.17) is 39.9 Å². The Labute approximate surface area is 527 Å². The first-order chi connectivity index (χ1) is 45.6. The summed E-state index contributed by atoms with van der Waals surface area (Å²) >= 11 is 0. The quantitative estimate of drug-likeness (QED) is 0.133. The lowest BCUT2D eigenvalue weighted by molar-refractivity contribution is 1.22. The Morgan fingerprint density at radius 3 is 1.30 bits per heavy atom. The topological polar surface area (TPSA) is 112 Å². The first kappa shape index (κ1) is 52.5. The molecule has 0 atom stereocenters. The molecule has 10 heterocycles. The number of imidazole rings is 2. The van der Waals surface area contributed by atoms with Crippen molar-refractivity contribution in [3.63, 3.8) is 0 Å². The van der Waals surface area contributed by atoms with Crippen LogP contribution in [0.4, 0.5) is 0 Å². The summed E-state index contributed by atoms with van der Waals surface area (Å²) < 4.78 is 4.65. The molecule has 0 fully saturated rings. The van der Waals surface area contributed by atoms with Gasteiger partial charge in [-0.15, -0.1) is 0 Å². The molecule has 0 amide bonds. The maximum Gasteiger partial charge on any atom is 0.147 e. The maximum atomic E-state index is 5.50. The second-order valence-corrected chi connectivity index (χ2v) is 23.1. The second kappa shape index (κ2) is 21.6. The number of nitrogens with zero attached hydrogens (tertiary/aromatic N) is 10. The number of fused-ring (bicyclic) bond motifs is 11. The number of rotatable bonds is 10. The fourth-order valence-corrected chi connectivity index (χ4v) is 13.5. The van der Waals surface area contributed by atoms with E-state index in [0.29, 0.717) is 0 Å². The molecule has 0 saturated carbocycles. The Hall–Kier alpha value is -12.7. The third kappa shape index (κ3) is 8.88. The van der Waals surface area contributed by atoms with Gasteiger partial charge >= 0.3 is 0 Å². The van der Waals surface area contributed by atoms with Gasteiger partial charge in [0.15, 0.2) is 0 Å². The highest BCUT2D eigenvalue weighted by Crippen LogP contribution is 2.46. The predicted molar refractivity (Wildman–Crippen MR) is 373 cm³/mol. The number of aromatic nitrogens is 10.